The summed E-state index contributed by atoms with van der Waals surface area (Å²) < 4.78 is 2.22. The molecule has 2 aromatic carbocycles. The molecule has 3 heterocycles. The van der Waals surface area contributed by atoms with E-state index in [2.05, 4.69) is 15.6 Å². The number of nitrogens with one attached hydrogen (secondary N) is 1. The Morgan fingerprint density at radius 1 is 0.963 bits per heavy atom. The molecule has 27 heavy (non-hydrogen) atoms. The monoisotopic (exact) mass is 398 g/mol. The minimum absolute atomic E-state index is 0.0859. The number of aromatic nitrogens is 2. The first kappa shape index (κ1) is 16.6. The van der Waals surface area contributed by atoms with Crippen molar-refractivity contribution < 1.29 is 10.2 Å². The number of benzene rings is 2. The Hall–Kier alpha value is -2.56. The van der Waals surface area contributed by atoms with Crippen molar-refractivity contribution >= 4 is 34.1 Å². The lowest BCUT2D eigenvalue weighted by atomic mass is 9.96. The molecule has 0 fully saturated rings. The summed E-state index contributed by atoms with van der Waals surface area (Å²) in [6.45, 7) is 0.932. The number of halogens is 2. The molecule has 0 saturated carbocycles. The third-order valence-corrected chi connectivity index (χ3v) is 5.81. The Bertz CT molecular complexity index is 1210. The first-order chi connectivity index (χ1) is 13.0. The normalized spacial score (nSPS) is 13.4. The van der Waals surface area contributed by atoms with Crippen molar-refractivity contribution in [1.29, 1.82) is 0 Å². The Kier molecular flexibility index (Phi) is 3.67. The number of H-pyrrole nitrogens is 1. The SMILES string of the molecule is Oc1[nH]c(O)c(-c2cn3c4c(cccc24)CCC3)c1-c1ccc(Cl)cc1Cl. The topological polar surface area (TPSA) is 61.2 Å². The average Bonchev–Trinajstić information content (AvgIpc) is 3.14. The number of aromatic hydroxyl groups is 2. The molecule has 0 amide bonds. The second-order valence-electron chi connectivity index (χ2n) is 6.85. The van der Waals surface area contributed by atoms with Crippen molar-refractivity contribution in [3.8, 4) is 34.0 Å². The third-order valence-electron chi connectivity index (χ3n) is 5.26. The van der Waals surface area contributed by atoms with Gasteiger partial charge in [0, 0.05) is 34.3 Å². The van der Waals surface area contributed by atoms with Crippen molar-refractivity contribution in [2.45, 2.75) is 19.4 Å². The second-order valence-corrected chi connectivity index (χ2v) is 7.69. The molecule has 0 aliphatic carbocycles. The van der Waals surface area contributed by atoms with Gasteiger partial charge in [0.1, 0.15) is 0 Å². The van der Waals surface area contributed by atoms with Gasteiger partial charge in [-0.2, -0.15) is 0 Å². The molecule has 136 valence electrons. The summed E-state index contributed by atoms with van der Waals surface area (Å²) in [4.78, 5) is 2.65. The number of rotatable bonds is 2. The maximum Gasteiger partial charge on any atom is 0.200 e. The number of hydrogen-bond donors (Lipinski definition) is 3. The highest BCUT2D eigenvalue weighted by Crippen LogP contribution is 2.49. The van der Waals surface area contributed by atoms with Gasteiger partial charge < -0.3 is 14.8 Å². The highest BCUT2D eigenvalue weighted by atomic mass is 35.5. The van der Waals surface area contributed by atoms with Gasteiger partial charge in [-0.05, 0) is 30.5 Å². The molecule has 0 atom stereocenters. The van der Waals surface area contributed by atoms with Crippen LogP contribution in [0, 0.1) is 0 Å². The predicted octanol–water partition coefficient (Wildman–Crippen LogP) is 5.97. The average molecular weight is 399 g/mol. The summed E-state index contributed by atoms with van der Waals surface area (Å²) in [7, 11) is 0. The molecule has 1 aliphatic rings. The van der Waals surface area contributed by atoms with Crippen LogP contribution in [0.1, 0.15) is 12.0 Å². The summed E-state index contributed by atoms with van der Waals surface area (Å²) in [6, 6.07) is 11.3. The van der Waals surface area contributed by atoms with Crippen molar-refractivity contribution in [3.05, 3.63) is 58.2 Å². The lowest BCUT2D eigenvalue weighted by Gasteiger charge is -2.14. The Morgan fingerprint density at radius 2 is 1.74 bits per heavy atom. The van der Waals surface area contributed by atoms with Gasteiger partial charge in [0.25, 0.3) is 0 Å². The highest BCUT2D eigenvalue weighted by Gasteiger charge is 2.26. The number of hydrogen-bond acceptors (Lipinski definition) is 2. The number of para-hydroxylation sites is 1. The molecule has 6 heteroatoms. The van der Waals surface area contributed by atoms with E-state index in [1.165, 1.54) is 11.1 Å². The van der Waals surface area contributed by atoms with Crippen LogP contribution in [0.15, 0.2) is 42.6 Å². The smallest absolute Gasteiger partial charge is 0.200 e. The van der Waals surface area contributed by atoms with Gasteiger partial charge in [0.2, 0.25) is 0 Å². The largest absolute Gasteiger partial charge is 0.494 e. The van der Waals surface area contributed by atoms with E-state index < -0.39 is 0 Å². The Labute approximate surface area is 165 Å². The second kappa shape index (κ2) is 5.98. The van der Waals surface area contributed by atoms with E-state index in [9.17, 15) is 10.2 Å². The quantitative estimate of drug-likeness (QED) is 0.389. The fourth-order valence-corrected chi connectivity index (χ4v) is 4.65. The van der Waals surface area contributed by atoms with Crippen LogP contribution in [-0.2, 0) is 13.0 Å². The summed E-state index contributed by atoms with van der Waals surface area (Å²) in [5, 5.41) is 23.1. The van der Waals surface area contributed by atoms with Crippen LogP contribution < -0.4 is 0 Å². The Morgan fingerprint density at radius 3 is 2.52 bits per heavy atom. The molecule has 2 aromatic heterocycles. The molecule has 0 spiro atoms. The van der Waals surface area contributed by atoms with E-state index in [1.54, 1.807) is 18.2 Å². The number of aryl methyl sites for hydroxylation is 2. The minimum Gasteiger partial charge on any atom is -0.494 e. The molecule has 3 N–H and O–H groups in total. The molecular formula is C21H16Cl2N2O2. The molecule has 1 aliphatic heterocycles. The molecule has 0 bridgehead atoms. The maximum atomic E-state index is 10.6. The van der Waals surface area contributed by atoms with Gasteiger partial charge >= 0.3 is 0 Å². The predicted molar refractivity (Wildman–Crippen MR) is 109 cm³/mol. The first-order valence-corrected chi connectivity index (χ1v) is 9.50. The van der Waals surface area contributed by atoms with Gasteiger partial charge in [-0.3, -0.25) is 4.98 Å². The zero-order valence-corrected chi connectivity index (χ0v) is 15.8. The van der Waals surface area contributed by atoms with Crippen LogP contribution in [0.25, 0.3) is 33.2 Å². The van der Waals surface area contributed by atoms with E-state index in [1.807, 2.05) is 18.3 Å². The lowest BCUT2D eigenvalue weighted by molar-refractivity contribution is 0.426. The summed E-state index contributed by atoms with van der Waals surface area (Å²) >= 11 is 12.4. The van der Waals surface area contributed by atoms with E-state index in [-0.39, 0.29) is 11.8 Å². The van der Waals surface area contributed by atoms with Crippen LogP contribution in [0.3, 0.4) is 0 Å². The van der Waals surface area contributed by atoms with Crippen LogP contribution >= 0.6 is 23.2 Å². The van der Waals surface area contributed by atoms with Crippen molar-refractivity contribution in [1.82, 2.24) is 9.55 Å². The number of nitrogens with zero attached hydrogens (tertiary/aromatic N) is 1. The molecule has 5 rings (SSSR count). The lowest BCUT2D eigenvalue weighted by Crippen LogP contribution is -2.05. The summed E-state index contributed by atoms with van der Waals surface area (Å²) in [6.07, 6.45) is 4.17. The maximum absolute atomic E-state index is 10.6. The van der Waals surface area contributed by atoms with Crippen molar-refractivity contribution in [2.75, 3.05) is 0 Å². The van der Waals surface area contributed by atoms with E-state index in [4.69, 9.17) is 23.2 Å². The molecular weight excluding hydrogens is 383 g/mol. The van der Waals surface area contributed by atoms with E-state index >= 15 is 0 Å². The van der Waals surface area contributed by atoms with Crippen LogP contribution in [0.5, 0.6) is 11.8 Å². The standard InChI is InChI=1S/C21H16Cl2N2O2/c22-12-6-7-14(16(23)9-12)17-18(21(27)24-20(17)26)15-10-25-8-2-4-11-3-1-5-13(15)19(11)25/h1,3,5-7,9-10,24,26-27H,2,4,8H2. The van der Waals surface area contributed by atoms with E-state index in [0.29, 0.717) is 26.7 Å². The summed E-state index contributed by atoms with van der Waals surface area (Å²) in [5.74, 6) is -0.212. The van der Waals surface area contributed by atoms with Gasteiger partial charge in [0.15, 0.2) is 11.8 Å². The fraction of sp³-hybridized carbons (Fsp3) is 0.143. The molecule has 4 aromatic rings. The highest BCUT2D eigenvalue weighted by molar-refractivity contribution is 6.36. The van der Waals surface area contributed by atoms with Crippen molar-refractivity contribution in [2.24, 2.45) is 0 Å². The van der Waals surface area contributed by atoms with Gasteiger partial charge in [-0.1, -0.05) is 47.5 Å². The van der Waals surface area contributed by atoms with Crippen LogP contribution in [0.4, 0.5) is 0 Å². The fourth-order valence-electron chi connectivity index (χ4n) is 4.15. The Balaban J connectivity index is 1.84. The molecule has 0 saturated heterocycles. The van der Waals surface area contributed by atoms with Gasteiger partial charge in [-0.15, -0.1) is 0 Å². The minimum atomic E-state index is -0.126. The van der Waals surface area contributed by atoms with E-state index in [0.717, 1.165) is 30.3 Å². The zero-order chi connectivity index (χ0) is 18.7. The van der Waals surface area contributed by atoms with Crippen LogP contribution in [0.2, 0.25) is 10.0 Å². The van der Waals surface area contributed by atoms with Gasteiger partial charge in [0.05, 0.1) is 21.7 Å². The first-order valence-electron chi connectivity index (χ1n) is 8.75. The van der Waals surface area contributed by atoms with Gasteiger partial charge in [-0.25, -0.2) is 0 Å². The molecule has 4 nitrogen and oxygen atoms in total. The number of aromatic amines is 1. The summed E-state index contributed by atoms with van der Waals surface area (Å²) in [5.41, 5.74) is 4.97. The van der Waals surface area contributed by atoms with Crippen molar-refractivity contribution in [3.63, 3.8) is 0 Å². The van der Waals surface area contributed by atoms with Crippen LogP contribution in [-0.4, -0.2) is 19.8 Å². The molecule has 0 radical (unpaired) electrons. The third kappa shape index (κ3) is 2.44. The zero-order valence-electron chi connectivity index (χ0n) is 14.3. The molecule has 0 unspecified atom stereocenters.